The molecule has 0 amide bonds. The van der Waals surface area contributed by atoms with Gasteiger partial charge >= 0.3 is 6.01 Å². The number of alkyl halides is 2. The smallest absolute Gasteiger partial charge is 0.323 e. The number of nitrogens with two attached hydrogens (primary N) is 1. The molecule has 0 saturated carbocycles. The lowest BCUT2D eigenvalue weighted by molar-refractivity contribution is 0.0160. The zero-order valence-electron chi connectivity index (χ0n) is 22.6. The van der Waals surface area contributed by atoms with Crippen molar-refractivity contribution in [3.63, 3.8) is 0 Å². The SMILES string of the molecule is CC1(O)CC(F)CN(c2nc(OC[C@@]34CCCN3C[C@H](F)C4)nc(N3CC4(CCc5sc(N)c(C#N)c54)C3)n2)C1. The predicted molar refractivity (Wildman–Crippen MR) is 146 cm³/mol. The molecule has 4 fully saturated rings. The molecule has 214 valence electrons. The Morgan fingerprint density at radius 2 is 1.85 bits per heavy atom. The Morgan fingerprint density at radius 1 is 1.10 bits per heavy atom. The molecule has 40 heavy (non-hydrogen) atoms. The van der Waals surface area contributed by atoms with E-state index in [0.29, 0.717) is 42.6 Å². The van der Waals surface area contributed by atoms with Gasteiger partial charge < -0.3 is 25.4 Å². The normalized spacial score (nSPS) is 32.7. The number of hydrogen-bond acceptors (Lipinski definition) is 11. The summed E-state index contributed by atoms with van der Waals surface area (Å²) in [5, 5.41) is 21.0. The highest BCUT2D eigenvalue weighted by Gasteiger charge is 2.53. The van der Waals surface area contributed by atoms with Crippen molar-refractivity contribution < 1.29 is 18.6 Å². The number of anilines is 3. The maximum atomic E-state index is 14.6. The van der Waals surface area contributed by atoms with Crippen molar-refractivity contribution in [3.05, 3.63) is 16.0 Å². The summed E-state index contributed by atoms with van der Waals surface area (Å²) >= 11 is 1.50. The number of piperidine rings is 1. The van der Waals surface area contributed by atoms with E-state index in [0.717, 1.165) is 37.8 Å². The molecule has 3 N–H and O–H groups in total. The highest BCUT2D eigenvalue weighted by molar-refractivity contribution is 7.16. The molecule has 2 aromatic rings. The molecule has 4 saturated heterocycles. The summed E-state index contributed by atoms with van der Waals surface area (Å²) in [5.74, 6) is 0.667. The number of fused-ring (bicyclic) bond motifs is 3. The summed E-state index contributed by atoms with van der Waals surface area (Å²) < 4.78 is 35.1. The van der Waals surface area contributed by atoms with E-state index in [-0.39, 0.29) is 49.0 Å². The fourth-order valence-corrected chi connectivity index (χ4v) is 8.91. The lowest BCUT2D eigenvalue weighted by Crippen LogP contribution is -2.59. The van der Waals surface area contributed by atoms with Gasteiger partial charge in [-0.3, -0.25) is 4.90 Å². The first-order valence-corrected chi connectivity index (χ1v) is 14.9. The van der Waals surface area contributed by atoms with E-state index in [2.05, 4.69) is 20.9 Å². The first kappa shape index (κ1) is 26.1. The molecule has 1 aliphatic carbocycles. The molecule has 2 aromatic heterocycles. The van der Waals surface area contributed by atoms with Gasteiger partial charge in [0.2, 0.25) is 11.9 Å². The highest BCUT2D eigenvalue weighted by Crippen LogP contribution is 2.52. The molecule has 0 aromatic carbocycles. The van der Waals surface area contributed by atoms with E-state index in [9.17, 15) is 19.1 Å². The first-order valence-electron chi connectivity index (χ1n) is 14.0. The second-order valence-corrected chi connectivity index (χ2v) is 13.8. The van der Waals surface area contributed by atoms with Crippen LogP contribution in [0.15, 0.2) is 0 Å². The molecule has 10 nitrogen and oxygen atoms in total. The van der Waals surface area contributed by atoms with Crippen molar-refractivity contribution in [3.8, 4) is 12.1 Å². The summed E-state index contributed by atoms with van der Waals surface area (Å²) in [6.45, 7) is 4.66. The van der Waals surface area contributed by atoms with Crippen LogP contribution < -0.4 is 20.3 Å². The lowest BCUT2D eigenvalue weighted by Gasteiger charge is -2.48. The van der Waals surface area contributed by atoms with Crippen LogP contribution in [0.2, 0.25) is 0 Å². The van der Waals surface area contributed by atoms with Gasteiger partial charge in [-0.05, 0) is 44.7 Å². The number of ether oxygens (including phenoxy) is 1. The monoisotopic (exact) mass is 572 g/mol. The second kappa shape index (κ2) is 9.09. The average molecular weight is 573 g/mol. The number of nitrogens with zero attached hydrogens (tertiary/aromatic N) is 7. The highest BCUT2D eigenvalue weighted by atomic mass is 32.1. The van der Waals surface area contributed by atoms with Crippen molar-refractivity contribution >= 4 is 28.2 Å². The Kier molecular flexibility index (Phi) is 5.93. The zero-order chi connectivity index (χ0) is 27.9. The molecule has 2 unspecified atom stereocenters. The molecule has 6 heterocycles. The number of aryl methyl sites for hydroxylation is 1. The first-order chi connectivity index (χ1) is 19.1. The van der Waals surface area contributed by atoms with Crippen molar-refractivity contribution in [1.82, 2.24) is 19.9 Å². The van der Waals surface area contributed by atoms with Crippen LogP contribution in [-0.2, 0) is 11.8 Å². The van der Waals surface area contributed by atoms with E-state index >= 15 is 0 Å². The average Bonchev–Trinajstić information content (AvgIpc) is 3.58. The van der Waals surface area contributed by atoms with Gasteiger partial charge in [0, 0.05) is 49.3 Å². The minimum absolute atomic E-state index is 0.0511. The van der Waals surface area contributed by atoms with Crippen LogP contribution in [-0.4, -0.2) is 94.3 Å². The number of hydrogen-bond donors (Lipinski definition) is 2. The van der Waals surface area contributed by atoms with Crippen molar-refractivity contribution in [1.29, 1.82) is 5.26 Å². The standard InChI is InChI=1S/C27H34F2N8O2S/c1-25(38)7-16(28)10-35(12-25)22-32-23(34-24(33-22)39-15-27-4-2-6-37(27)11-17(29)8-27)36-13-26(14-36)5-3-19-20(26)18(9-30)21(31)40-19/h16-17,38H,2-8,10-15,31H2,1H3/t16?,17-,25?,27+/m1/s1. The molecular weight excluding hydrogens is 538 g/mol. The molecule has 13 heteroatoms. The zero-order valence-corrected chi connectivity index (χ0v) is 23.4. The Hall–Kier alpha value is -2.82. The number of rotatable bonds is 5. The number of β-amino-alcohol motifs (C(OH)–C–C–N with tert-alkyl or cyclic N) is 1. The quantitative estimate of drug-likeness (QED) is 0.551. The van der Waals surface area contributed by atoms with E-state index in [1.807, 2.05) is 4.90 Å². The predicted octanol–water partition coefficient (Wildman–Crippen LogP) is 2.35. The Balaban J connectivity index is 1.18. The summed E-state index contributed by atoms with van der Waals surface area (Å²) in [6, 6.07) is 2.42. The number of nitrogen functional groups attached to an aromatic ring is 1. The number of nitriles is 1. The molecule has 4 atom stereocenters. The minimum atomic E-state index is -1.23. The third-order valence-electron chi connectivity index (χ3n) is 9.47. The minimum Gasteiger partial charge on any atom is -0.461 e. The largest absolute Gasteiger partial charge is 0.461 e. The van der Waals surface area contributed by atoms with Crippen LogP contribution in [0.5, 0.6) is 6.01 Å². The number of halogens is 2. The molecule has 0 radical (unpaired) electrons. The maximum Gasteiger partial charge on any atom is 0.323 e. The van der Waals surface area contributed by atoms with Gasteiger partial charge in [0.15, 0.2) is 0 Å². The number of thiophene rings is 1. The number of aromatic nitrogens is 3. The topological polar surface area (TPSA) is 128 Å². The molecule has 1 spiro atoms. The van der Waals surface area contributed by atoms with Crippen LogP contribution >= 0.6 is 11.3 Å². The van der Waals surface area contributed by atoms with Gasteiger partial charge in [0.25, 0.3) is 0 Å². The van der Waals surface area contributed by atoms with Crippen LogP contribution in [0.25, 0.3) is 0 Å². The maximum absolute atomic E-state index is 14.6. The van der Waals surface area contributed by atoms with Gasteiger partial charge in [-0.2, -0.15) is 20.2 Å². The Labute approximate surface area is 235 Å². The van der Waals surface area contributed by atoms with Crippen LogP contribution in [0.1, 0.15) is 55.0 Å². The van der Waals surface area contributed by atoms with Gasteiger partial charge in [-0.15, -0.1) is 11.3 Å². The number of aliphatic hydroxyl groups is 1. The van der Waals surface area contributed by atoms with E-state index < -0.39 is 17.9 Å². The van der Waals surface area contributed by atoms with Gasteiger partial charge in [-0.1, -0.05) is 0 Å². The van der Waals surface area contributed by atoms with Crippen molar-refractivity contribution in [2.75, 3.05) is 61.4 Å². The van der Waals surface area contributed by atoms with Gasteiger partial charge in [-0.25, -0.2) is 8.78 Å². The molecule has 5 aliphatic rings. The van der Waals surface area contributed by atoms with Crippen molar-refractivity contribution in [2.24, 2.45) is 0 Å². The molecular formula is C27H34F2N8O2S. The van der Waals surface area contributed by atoms with E-state index in [4.69, 9.17) is 15.5 Å². The molecule has 0 bridgehead atoms. The summed E-state index contributed by atoms with van der Waals surface area (Å²) in [5.41, 5.74) is 6.04. The van der Waals surface area contributed by atoms with Crippen LogP contribution in [0, 0.1) is 11.3 Å². The van der Waals surface area contributed by atoms with Gasteiger partial charge in [0.05, 0.1) is 23.2 Å². The van der Waals surface area contributed by atoms with Crippen molar-refractivity contribution in [2.45, 2.75) is 74.3 Å². The third kappa shape index (κ3) is 4.18. The summed E-state index contributed by atoms with van der Waals surface area (Å²) in [7, 11) is 0. The van der Waals surface area contributed by atoms with Gasteiger partial charge in [0.1, 0.15) is 30.0 Å². The fourth-order valence-electron chi connectivity index (χ4n) is 7.77. The fraction of sp³-hybridized carbons (Fsp3) is 0.704. The summed E-state index contributed by atoms with van der Waals surface area (Å²) in [6.07, 6.45) is 2.07. The van der Waals surface area contributed by atoms with E-state index in [1.165, 1.54) is 16.2 Å². The van der Waals surface area contributed by atoms with Crippen LogP contribution in [0.3, 0.4) is 0 Å². The van der Waals surface area contributed by atoms with Crippen LogP contribution in [0.4, 0.5) is 25.7 Å². The molecule has 7 rings (SSSR count). The Bertz CT molecular complexity index is 1370. The Morgan fingerprint density at radius 3 is 2.60 bits per heavy atom. The third-order valence-corrected chi connectivity index (χ3v) is 10.5. The lowest BCUT2D eigenvalue weighted by atomic mass is 9.74. The second-order valence-electron chi connectivity index (χ2n) is 12.6. The molecule has 4 aliphatic heterocycles. The van der Waals surface area contributed by atoms with E-state index in [1.54, 1.807) is 11.8 Å². The summed E-state index contributed by atoms with van der Waals surface area (Å²) in [4.78, 5) is 20.9.